The summed E-state index contributed by atoms with van der Waals surface area (Å²) in [7, 11) is 0. The number of carbonyl (C=O) groups is 2. The van der Waals surface area contributed by atoms with Gasteiger partial charge >= 0.3 is 0 Å². The SMILES string of the molecule is C=C(CN1Cc2c(ccc3ccc(-c4ccc5n[nH]c(C)c5c4)cc23)C1=O)C(N)=O. The van der Waals surface area contributed by atoms with Crippen molar-refractivity contribution in [2.24, 2.45) is 5.73 Å². The molecule has 30 heavy (non-hydrogen) atoms. The lowest BCUT2D eigenvalue weighted by atomic mass is 9.95. The first-order chi connectivity index (χ1) is 14.4. The number of primary amides is 1. The average molecular weight is 396 g/mol. The highest BCUT2D eigenvalue weighted by Gasteiger charge is 2.29. The zero-order chi connectivity index (χ0) is 21.0. The van der Waals surface area contributed by atoms with Crippen LogP contribution in [0.25, 0.3) is 32.8 Å². The lowest BCUT2D eigenvalue weighted by Gasteiger charge is -2.15. The number of aromatic amines is 1. The van der Waals surface area contributed by atoms with Crippen LogP contribution in [0.1, 0.15) is 21.6 Å². The Labute approximate surface area is 173 Å². The van der Waals surface area contributed by atoms with E-state index < -0.39 is 5.91 Å². The minimum Gasteiger partial charge on any atom is -0.366 e. The Morgan fingerprint density at radius 1 is 1.13 bits per heavy atom. The molecule has 0 spiro atoms. The molecule has 0 saturated heterocycles. The van der Waals surface area contributed by atoms with Crippen LogP contribution in [0.5, 0.6) is 0 Å². The fraction of sp³-hybridized carbons (Fsp3) is 0.125. The fourth-order valence-electron chi connectivity index (χ4n) is 4.12. The zero-order valence-electron chi connectivity index (χ0n) is 16.5. The molecule has 0 unspecified atom stereocenters. The minimum atomic E-state index is -0.587. The normalized spacial score (nSPS) is 13.2. The molecule has 0 atom stereocenters. The van der Waals surface area contributed by atoms with E-state index in [1.165, 1.54) is 0 Å². The van der Waals surface area contributed by atoms with Crippen molar-refractivity contribution < 1.29 is 9.59 Å². The Hall–Kier alpha value is -3.93. The number of aryl methyl sites for hydroxylation is 1. The van der Waals surface area contributed by atoms with Crippen LogP contribution in [0.15, 0.2) is 60.7 Å². The maximum Gasteiger partial charge on any atom is 0.254 e. The number of H-pyrrole nitrogens is 1. The highest BCUT2D eigenvalue weighted by molar-refractivity contribution is 6.06. The van der Waals surface area contributed by atoms with Crippen molar-refractivity contribution in [3.8, 4) is 11.1 Å². The predicted molar refractivity (Wildman–Crippen MR) is 117 cm³/mol. The van der Waals surface area contributed by atoms with E-state index in [-0.39, 0.29) is 18.0 Å². The van der Waals surface area contributed by atoms with E-state index >= 15 is 0 Å². The van der Waals surface area contributed by atoms with E-state index in [4.69, 9.17) is 5.73 Å². The van der Waals surface area contributed by atoms with Crippen molar-refractivity contribution in [1.29, 1.82) is 0 Å². The van der Waals surface area contributed by atoms with Gasteiger partial charge in [0.15, 0.2) is 0 Å². The summed E-state index contributed by atoms with van der Waals surface area (Å²) in [5.41, 5.74) is 11.3. The first kappa shape index (κ1) is 18.1. The molecule has 0 bridgehead atoms. The van der Waals surface area contributed by atoms with Crippen molar-refractivity contribution in [1.82, 2.24) is 15.1 Å². The van der Waals surface area contributed by atoms with Crippen molar-refractivity contribution in [3.63, 3.8) is 0 Å². The van der Waals surface area contributed by atoms with Crippen LogP contribution >= 0.6 is 0 Å². The van der Waals surface area contributed by atoms with Crippen molar-refractivity contribution >= 4 is 33.5 Å². The maximum atomic E-state index is 12.8. The number of hydrogen-bond acceptors (Lipinski definition) is 3. The Morgan fingerprint density at radius 3 is 2.60 bits per heavy atom. The number of fused-ring (bicyclic) bond motifs is 4. The molecular weight excluding hydrogens is 376 g/mol. The van der Waals surface area contributed by atoms with E-state index in [0.29, 0.717) is 12.1 Å². The van der Waals surface area contributed by atoms with Gasteiger partial charge in [-0.2, -0.15) is 5.10 Å². The molecule has 2 amide bonds. The third kappa shape index (κ3) is 2.76. The molecule has 2 heterocycles. The maximum absolute atomic E-state index is 12.8. The monoisotopic (exact) mass is 396 g/mol. The van der Waals surface area contributed by atoms with Crippen LogP contribution in [0.3, 0.4) is 0 Å². The minimum absolute atomic E-state index is 0.102. The van der Waals surface area contributed by atoms with E-state index in [1.807, 2.05) is 25.1 Å². The Kier molecular flexibility index (Phi) is 3.96. The molecule has 3 aromatic carbocycles. The number of nitrogens with one attached hydrogen (secondary N) is 1. The van der Waals surface area contributed by atoms with Crippen LogP contribution in [-0.2, 0) is 11.3 Å². The van der Waals surface area contributed by atoms with Crippen LogP contribution in [0, 0.1) is 6.92 Å². The van der Waals surface area contributed by atoms with Gasteiger partial charge in [-0.1, -0.05) is 30.8 Å². The summed E-state index contributed by atoms with van der Waals surface area (Å²) >= 11 is 0. The summed E-state index contributed by atoms with van der Waals surface area (Å²) in [6.45, 7) is 6.26. The molecule has 3 N–H and O–H groups in total. The van der Waals surface area contributed by atoms with Gasteiger partial charge < -0.3 is 10.6 Å². The highest BCUT2D eigenvalue weighted by Crippen LogP contribution is 2.34. The second-order valence-electron chi connectivity index (χ2n) is 7.74. The van der Waals surface area contributed by atoms with Gasteiger partial charge in [0.25, 0.3) is 5.91 Å². The molecule has 0 fully saturated rings. The van der Waals surface area contributed by atoms with Gasteiger partial charge in [-0.05, 0) is 58.7 Å². The summed E-state index contributed by atoms with van der Waals surface area (Å²) < 4.78 is 0. The lowest BCUT2D eigenvalue weighted by Crippen LogP contribution is -2.30. The van der Waals surface area contributed by atoms with Gasteiger partial charge in [0.2, 0.25) is 5.91 Å². The second kappa shape index (κ2) is 6.56. The quantitative estimate of drug-likeness (QED) is 0.515. The summed E-state index contributed by atoms with van der Waals surface area (Å²) in [6, 6.07) is 16.3. The fourth-order valence-corrected chi connectivity index (χ4v) is 4.12. The number of aromatic nitrogens is 2. The molecule has 6 nitrogen and oxygen atoms in total. The molecule has 0 radical (unpaired) electrons. The number of carbonyl (C=O) groups excluding carboxylic acids is 2. The number of hydrogen-bond donors (Lipinski definition) is 2. The Balaban J connectivity index is 1.59. The molecular formula is C24H20N4O2. The highest BCUT2D eigenvalue weighted by atomic mass is 16.2. The number of nitrogens with two attached hydrogens (primary N) is 1. The van der Waals surface area contributed by atoms with Crippen LogP contribution < -0.4 is 5.73 Å². The molecule has 0 saturated carbocycles. The molecule has 148 valence electrons. The first-order valence-electron chi connectivity index (χ1n) is 9.70. The second-order valence-corrected chi connectivity index (χ2v) is 7.74. The summed E-state index contributed by atoms with van der Waals surface area (Å²) in [5, 5.41) is 10.5. The first-order valence-corrected chi connectivity index (χ1v) is 9.70. The predicted octanol–water partition coefficient (Wildman–Crippen LogP) is 3.69. The topological polar surface area (TPSA) is 92.1 Å². The van der Waals surface area contributed by atoms with Gasteiger partial charge in [0.05, 0.1) is 12.1 Å². The molecule has 4 aromatic rings. The number of benzene rings is 3. The molecule has 0 aliphatic carbocycles. The molecule has 1 aromatic heterocycles. The third-order valence-corrected chi connectivity index (χ3v) is 5.81. The van der Waals surface area contributed by atoms with Crippen molar-refractivity contribution in [2.75, 3.05) is 6.54 Å². The smallest absolute Gasteiger partial charge is 0.254 e. The Bertz CT molecular complexity index is 1380. The largest absolute Gasteiger partial charge is 0.366 e. The summed E-state index contributed by atoms with van der Waals surface area (Å²) in [5.74, 6) is -0.689. The molecule has 6 heteroatoms. The van der Waals surface area contributed by atoms with Gasteiger partial charge in [-0.25, -0.2) is 0 Å². The number of rotatable bonds is 4. The lowest BCUT2D eigenvalue weighted by molar-refractivity contribution is -0.114. The van der Waals surface area contributed by atoms with Gasteiger partial charge in [0, 0.05) is 28.8 Å². The summed E-state index contributed by atoms with van der Waals surface area (Å²) in [6.07, 6.45) is 0. The Morgan fingerprint density at radius 2 is 1.83 bits per heavy atom. The van der Waals surface area contributed by atoms with Gasteiger partial charge in [-0.3, -0.25) is 14.7 Å². The van der Waals surface area contributed by atoms with Gasteiger partial charge in [0.1, 0.15) is 0 Å². The van der Waals surface area contributed by atoms with Crippen LogP contribution in [-0.4, -0.2) is 33.5 Å². The summed E-state index contributed by atoms with van der Waals surface area (Å²) in [4.78, 5) is 25.8. The molecule has 1 aliphatic heterocycles. The van der Waals surface area contributed by atoms with E-state index in [0.717, 1.165) is 44.1 Å². The van der Waals surface area contributed by atoms with E-state index in [1.54, 1.807) is 4.90 Å². The molecule has 1 aliphatic rings. The average Bonchev–Trinajstić information content (AvgIpc) is 3.27. The van der Waals surface area contributed by atoms with Gasteiger partial charge in [-0.15, -0.1) is 0 Å². The number of nitrogens with zero attached hydrogens (tertiary/aromatic N) is 2. The van der Waals surface area contributed by atoms with Crippen molar-refractivity contribution in [3.05, 3.63) is 77.5 Å². The third-order valence-electron chi connectivity index (χ3n) is 5.81. The van der Waals surface area contributed by atoms with Crippen molar-refractivity contribution in [2.45, 2.75) is 13.5 Å². The zero-order valence-corrected chi connectivity index (χ0v) is 16.5. The van der Waals surface area contributed by atoms with E-state index in [2.05, 4.69) is 47.1 Å². The number of amides is 2. The van der Waals surface area contributed by atoms with Crippen LogP contribution in [0.4, 0.5) is 0 Å². The van der Waals surface area contributed by atoms with E-state index in [9.17, 15) is 9.59 Å². The standard InChI is InChI=1S/C24H20N4O2/c1-13(23(25)29)11-28-12-21-18(24(28)30)7-5-15-3-4-16(10-20(15)21)17-6-8-22-19(9-17)14(2)26-27-22/h3-10H,1,11-12H2,2H3,(H2,25,29)(H,26,27). The van der Waals surface area contributed by atoms with Crippen LogP contribution in [0.2, 0.25) is 0 Å². The molecule has 5 rings (SSSR count).